The molecule has 1 aliphatic heterocycles. The number of carboxylic acids is 1. The average molecular weight is 312 g/mol. The molecule has 2 N–H and O–H groups in total. The van der Waals surface area contributed by atoms with Crippen LogP contribution in [0.2, 0.25) is 0 Å². The minimum Gasteiger partial charge on any atom is -0.480 e. The molecule has 8 heteroatoms. The summed E-state index contributed by atoms with van der Waals surface area (Å²) in [6.45, 7) is 3.18. The quantitative estimate of drug-likeness (QED) is 0.834. The van der Waals surface area contributed by atoms with E-state index in [2.05, 4.69) is 4.72 Å². The van der Waals surface area contributed by atoms with Crippen molar-refractivity contribution in [3.05, 3.63) is 23.8 Å². The van der Waals surface area contributed by atoms with Crippen LogP contribution >= 0.6 is 0 Å². The summed E-state index contributed by atoms with van der Waals surface area (Å²) in [5.41, 5.74) is 1.46. The molecule has 114 valence electrons. The summed E-state index contributed by atoms with van der Waals surface area (Å²) in [6.07, 6.45) is 0.675. The Balaban J connectivity index is 2.36. The van der Waals surface area contributed by atoms with Gasteiger partial charge >= 0.3 is 5.97 Å². The molecule has 0 radical (unpaired) electrons. The van der Waals surface area contributed by atoms with Crippen molar-refractivity contribution in [3.63, 3.8) is 0 Å². The molecule has 7 nitrogen and oxygen atoms in total. The molecule has 0 saturated carbocycles. The fourth-order valence-corrected chi connectivity index (χ4v) is 3.42. The minimum absolute atomic E-state index is 0.0532. The van der Waals surface area contributed by atoms with E-state index < -0.39 is 22.0 Å². The van der Waals surface area contributed by atoms with E-state index in [0.29, 0.717) is 18.7 Å². The molecule has 2 rings (SSSR count). The molecule has 21 heavy (non-hydrogen) atoms. The summed E-state index contributed by atoms with van der Waals surface area (Å²) in [4.78, 5) is 23.7. The van der Waals surface area contributed by atoms with E-state index in [-0.39, 0.29) is 10.8 Å². The third-order valence-electron chi connectivity index (χ3n) is 3.35. The predicted molar refractivity (Wildman–Crippen MR) is 75.6 cm³/mol. The smallest absolute Gasteiger partial charge is 0.321 e. The average Bonchev–Trinajstić information content (AvgIpc) is 2.80. The number of anilines is 1. The van der Waals surface area contributed by atoms with Gasteiger partial charge in [-0.05, 0) is 31.0 Å². The molecule has 0 bridgehead atoms. The molecule has 0 saturated heterocycles. The van der Waals surface area contributed by atoms with Crippen LogP contribution in [0.1, 0.15) is 19.4 Å². The van der Waals surface area contributed by atoms with Gasteiger partial charge in [0.05, 0.1) is 4.90 Å². The van der Waals surface area contributed by atoms with Gasteiger partial charge in [-0.25, -0.2) is 8.42 Å². The van der Waals surface area contributed by atoms with Crippen LogP contribution in [0.3, 0.4) is 0 Å². The van der Waals surface area contributed by atoms with E-state index in [1.165, 1.54) is 30.9 Å². The van der Waals surface area contributed by atoms with Crippen molar-refractivity contribution >= 4 is 27.6 Å². The van der Waals surface area contributed by atoms with E-state index in [1.54, 1.807) is 6.07 Å². The molecule has 0 aliphatic carbocycles. The van der Waals surface area contributed by atoms with Crippen molar-refractivity contribution < 1.29 is 23.1 Å². The molecule has 0 aromatic heterocycles. The first-order valence-electron chi connectivity index (χ1n) is 6.38. The van der Waals surface area contributed by atoms with E-state index >= 15 is 0 Å². The lowest BCUT2D eigenvalue weighted by atomic mass is 10.2. The zero-order valence-electron chi connectivity index (χ0n) is 11.7. The highest BCUT2D eigenvalue weighted by Crippen LogP contribution is 2.30. The van der Waals surface area contributed by atoms with Crippen molar-refractivity contribution in [2.75, 3.05) is 11.4 Å². The SMILES string of the molecule is CC(=O)N1CCc2ccc(S(=O)(=O)N[C@@H](C)C(=O)O)cc21. The fourth-order valence-electron chi connectivity index (χ4n) is 2.20. The second-order valence-corrected chi connectivity index (χ2v) is 6.61. The molecule has 1 aliphatic rings. The van der Waals surface area contributed by atoms with Gasteiger partial charge in [-0.1, -0.05) is 6.07 Å². The van der Waals surface area contributed by atoms with E-state index in [0.717, 1.165) is 5.56 Å². The maximum absolute atomic E-state index is 12.1. The van der Waals surface area contributed by atoms with Crippen LogP contribution in [0.25, 0.3) is 0 Å². The van der Waals surface area contributed by atoms with E-state index in [4.69, 9.17) is 5.11 Å². The lowest BCUT2D eigenvalue weighted by Gasteiger charge is -2.16. The van der Waals surface area contributed by atoms with E-state index in [1.807, 2.05) is 0 Å². The molecule has 1 heterocycles. The molecule has 0 unspecified atom stereocenters. The number of carbonyl (C=O) groups is 2. The first kappa shape index (κ1) is 15.5. The number of nitrogens with one attached hydrogen (secondary N) is 1. The van der Waals surface area contributed by atoms with Gasteiger partial charge in [0.25, 0.3) is 0 Å². The molecule has 1 amide bonds. The number of carboxylic acid groups (broad SMARTS) is 1. The maximum atomic E-state index is 12.1. The Hall–Kier alpha value is -1.93. The minimum atomic E-state index is -3.94. The van der Waals surface area contributed by atoms with Crippen molar-refractivity contribution in [3.8, 4) is 0 Å². The van der Waals surface area contributed by atoms with Gasteiger partial charge < -0.3 is 10.0 Å². The third-order valence-corrected chi connectivity index (χ3v) is 4.88. The largest absolute Gasteiger partial charge is 0.480 e. The second-order valence-electron chi connectivity index (χ2n) is 4.89. The lowest BCUT2D eigenvalue weighted by molar-refractivity contribution is -0.138. The van der Waals surface area contributed by atoms with Crippen LogP contribution in [0.15, 0.2) is 23.1 Å². The topological polar surface area (TPSA) is 104 Å². The summed E-state index contributed by atoms with van der Waals surface area (Å²) in [7, 11) is -3.94. The Morgan fingerprint density at radius 1 is 1.38 bits per heavy atom. The van der Waals surface area contributed by atoms with Crippen molar-refractivity contribution in [2.24, 2.45) is 0 Å². The number of nitrogens with zero attached hydrogens (tertiary/aromatic N) is 1. The predicted octanol–water partition coefficient (Wildman–Crippen LogP) is 0.347. The summed E-state index contributed by atoms with van der Waals surface area (Å²) >= 11 is 0. The highest BCUT2D eigenvalue weighted by Gasteiger charge is 2.26. The number of carbonyl (C=O) groups excluding carboxylic acids is 1. The lowest BCUT2D eigenvalue weighted by Crippen LogP contribution is -2.38. The van der Waals surface area contributed by atoms with Gasteiger partial charge in [-0.2, -0.15) is 4.72 Å². The molecule has 0 spiro atoms. The Bertz CT molecular complexity index is 699. The van der Waals surface area contributed by atoms with Gasteiger partial charge in [0.15, 0.2) is 0 Å². The number of sulfonamides is 1. The summed E-state index contributed by atoms with van der Waals surface area (Å²) in [5, 5.41) is 8.78. The molecule has 1 atom stereocenters. The van der Waals surface area contributed by atoms with Gasteiger partial charge in [0.1, 0.15) is 6.04 Å². The van der Waals surface area contributed by atoms with Crippen LogP contribution in [0.4, 0.5) is 5.69 Å². The van der Waals surface area contributed by atoms with Crippen molar-refractivity contribution in [2.45, 2.75) is 31.2 Å². The van der Waals surface area contributed by atoms with Crippen LogP contribution in [0.5, 0.6) is 0 Å². The highest BCUT2D eigenvalue weighted by atomic mass is 32.2. The highest BCUT2D eigenvalue weighted by molar-refractivity contribution is 7.89. The normalized spacial score (nSPS) is 15.6. The third kappa shape index (κ3) is 3.06. The first-order valence-corrected chi connectivity index (χ1v) is 7.87. The number of fused-ring (bicyclic) bond motifs is 1. The Kier molecular flexibility index (Phi) is 4.02. The zero-order chi connectivity index (χ0) is 15.8. The van der Waals surface area contributed by atoms with Crippen LogP contribution < -0.4 is 9.62 Å². The van der Waals surface area contributed by atoms with Gasteiger partial charge in [-0.15, -0.1) is 0 Å². The fraction of sp³-hybridized carbons (Fsp3) is 0.385. The van der Waals surface area contributed by atoms with Gasteiger partial charge in [-0.3, -0.25) is 9.59 Å². The zero-order valence-corrected chi connectivity index (χ0v) is 12.5. The standard InChI is InChI=1S/C13H16N2O5S/c1-8(13(17)18)14-21(19,20)11-4-3-10-5-6-15(9(2)16)12(10)7-11/h3-4,7-8,14H,5-6H2,1-2H3,(H,17,18)/t8-/m0/s1. The molecular formula is C13H16N2O5S. The monoisotopic (exact) mass is 312 g/mol. The van der Waals surface area contributed by atoms with E-state index in [9.17, 15) is 18.0 Å². The summed E-state index contributed by atoms with van der Waals surface area (Å²) < 4.78 is 26.4. The number of rotatable bonds is 4. The van der Waals surface area contributed by atoms with Gasteiger partial charge in [0.2, 0.25) is 15.9 Å². The molecule has 1 aromatic rings. The van der Waals surface area contributed by atoms with Crippen LogP contribution in [-0.2, 0) is 26.0 Å². The Labute approximate surface area is 122 Å². The molecule has 1 aromatic carbocycles. The maximum Gasteiger partial charge on any atom is 0.321 e. The second kappa shape index (κ2) is 5.45. The van der Waals surface area contributed by atoms with Gasteiger partial charge in [0, 0.05) is 19.2 Å². The van der Waals surface area contributed by atoms with Crippen molar-refractivity contribution in [1.29, 1.82) is 0 Å². The number of hydrogen-bond donors (Lipinski definition) is 2. The van der Waals surface area contributed by atoms with Crippen LogP contribution in [-0.4, -0.2) is 38.0 Å². The Morgan fingerprint density at radius 2 is 2.05 bits per heavy atom. The molecular weight excluding hydrogens is 296 g/mol. The number of benzene rings is 1. The summed E-state index contributed by atoms with van der Waals surface area (Å²) in [5.74, 6) is -1.42. The number of aliphatic carboxylic acids is 1. The van der Waals surface area contributed by atoms with Crippen LogP contribution in [0, 0.1) is 0 Å². The molecule has 0 fully saturated rings. The Morgan fingerprint density at radius 3 is 2.62 bits per heavy atom. The van der Waals surface area contributed by atoms with Crippen molar-refractivity contribution in [1.82, 2.24) is 4.72 Å². The first-order chi connectivity index (χ1) is 9.72. The number of amides is 1. The summed E-state index contributed by atoms with van der Waals surface area (Å²) in [6, 6.07) is 3.24. The number of hydrogen-bond acceptors (Lipinski definition) is 4.